The predicted octanol–water partition coefficient (Wildman–Crippen LogP) is 1.50. The van der Waals surface area contributed by atoms with Crippen LogP contribution in [-0.4, -0.2) is 118 Å². The van der Waals surface area contributed by atoms with Crippen LogP contribution in [0.2, 0.25) is 0 Å². The summed E-state index contributed by atoms with van der Waals surface area (Å²) in [5, 5.41) is 3.45. The molecule has 0 aliphatic rings. The molecule has 0 amide bonds. The molecule has 0 bridgehead atoms. The quantitative estimate of drug-likeness (QED) is 0.0433. The topological polar surface area (TPSA) is 149 Å². The van der Waals surface area contributed by atoms with E-state index in [0.29, 0.717) is 91.5 Å². The number of nitrogens with zero attached hydrogens (tertiary/aromatic N) is 3. The molecule has 34 heavy (non-hydrogen) atoms. The summed E-state index contributed by atoms with van der Waals surface area (Å²) in [5.74, 6) is -0.418. The van der Waals surface area contributed by atoms with Gasteiger partial charge in [0.05, 0.1) is 92.5 Å². The summed E-state index contributed by atoms with van der Waals surface area (Å²) in [6, 6.07) is 0. The van der Waals surface area contributed by atoms with Crippen molar-refractivity contribution >= 4 is 5.97 Å². The van der Waals surface area contributed by atoms with E-state index in [2.05, 4.69) is 16.6 Å². The maximum absolute atomic E-state index is 11.1. The lowest BCUT2D eigenvalue weighted by Gasteiger charge is -2.11. The van der Waals surface area contributed by atoms with E-state index in [1.165, 1.54) is 7.11 Å². The molecule has 0 radical (unpaired) electrons. The second-order valence-corrected chi connectivity index (χ2v) is 6.58. The average Bonchev–Trinajstić information content (AvgIpc) is 2.82. The van der Waals surface area contributed by atoms with E-state index in [0.717, 1.165) is 0 Å². The van der Waals surface area contributed by atoms with Crippen LogP contribution in [0.4, 0.5) is 0 Å². The van der Waals surface area contributed by atoms with Crippen molar-refractivity contribution in [3.8, 4) is 0 Å². The first kappa shape index (κ1) is 32.2. The molecule has 0 saturated heterocycles. The lowest BCUT2D eigenvalue weighted by Crippen LogP contribution is -2.19. The number of rotatable bonds is 26. The Balaban J connectivity index is 3.18. The highest BCUT2D eigenvalue weighted by Gasteiger charge is 2.05. The molecule has 0 aromatic heterocycles. The maximum atomic E-state index is 11.1. The number of hydrogen-bond acceptors (Lipinski definition) is 11. The number of esters is 1. The first-order chi connectivity index (χ1) is 16.6. The highest BCUT2D eigenvalue weighted by Crippen LogP contribution is 1.96. The second-order valence-electron chi connectivity index (χ2n) is 6.58. The summed E-state index contributed by atoms with van der Waals surface area (Å²) in [6.07, 6.45) is -0.652. The zero-order valence-electron chi connectivity index (χ0n) is 20.3. The minimum atomic E-state index is -0.652. The molecule has 0 fully saturated rings. The fraction of sp³-hybridized carbons (Fsp3) is 0.857. The Kier molecular flexibility index (Phi) is 24.4. The number of ether oxygens (including phenoxy) is 9. The van der Waals surface area contributed by atoms with Gasteiger partial charge in [-0.25, -0.2) is 4.79 Å². The standard InChI is InChI=1S/C21H39N3O10/c1-19(2)21(25)34-17-15-32-13-11-30-9-7-28-5-4-27-6-8-29-10-12-31-14-16-33-20(18-26-3)23-24-22/h20H,1,4-18H2,2-3H3. The highest BCUT2D eigenvalue weighted by molar-refractivity contribution is 5.86. The van der Waals surface area contributed by atoms with Crippen molar-refractivity contribution in [3.63, 3.8) is 0 Å². The first-order valence-corrected chi connectivity index (χ1v) is 11.1. The number of carbonyl (C=O) groups excluding carboxylic acids is 1. The molecule has 0 rings (SSSR count). The van der Waals surface area contributed by atoms with Crippen molar-refractivity contribution in [2.45, 2.75) is 13.2 Å². The van der Waals surface area contributed by atoms with Crippen LogP contribution in [-0.2, 0) is 47.4 Å². The fourth-order valence-corrected chi connectivity index (χ4v) is 2.08. The Hall–Kier alpha value is -1.80. The van der Waals surface area contributed by atoms with Crippen LogP contribution in [0, 0.1) is 0 Å². The Morgan fingerprint density at radius 2 is 1.15 bits per heavy atom. The van der Waals surface area contributed by atoms with Gasteiger partial charge in [-0.15, -0.1) is 0 Å². The van der Waals surface area contributed by atoms with Crippen molar-refractivity contribution in [1.82, 2.24) is 0 Å². The Morgan fingerprint density at radius 3 is 1.50 bits per heavy atom. The van der Waals surface area contributed by atoms with E-state index in [-0.39, 0.29) is 13.2 Å². The molecule has 0 N–H and O–H groups in total. The number of azide groups is 1. The molecular weight excluding hydrogens is 454 g/mol. The molecule has 0 spiro atoms. The van der Waals surface area contributed by atoms with Gasteiger partial charge in [0.1, 0.15) is 6.61 Å². The minimum absolute atomic E-state index is 0.195. The fourth-order valence-electron chi connectivity index (χ4n) is 2.08. The van der Waals surface area contributed by atoms with Gasteiger partial charge in [0.25, 0.3) is 0 Å². The van der Waals surface area contributed by atoms with Crippen LogP contribution < -0.4 is 0 Å². The van der Waals surface area contributed by atoms with Crippen LogP contribution in [0.1, 0.15) is 6.92 Å². The zero-order valence-corrected chi connectivity index (χ0v) is 20.3. The van der Waals surface area contributed by atoms with Gasteiger partial charge in [-0.1, -0.05) is 11.7 Å². The lowest BCUT2D eigenvalue weighted by atomic mass is 10.4. The van der Waals surface area contributed by atoms with Gasteiger partial charge in [-0.3, -0.25) is 0 Å². The SMILES string of the molecule is C=C(C)C(=O)OCCOCCOCCOCCOCCOCCOCCOC(COC)N=[N+]=[N-]. The van der Waals surface area contributed by atoms with Crippen molar-refractivity contribution < 1.29 is 47.4 Å². The molecule has 1 atom stereocenters. The number of hydrogen-bond donors (Lipinski definition) is 0. The molecule has 13 heteroatoms. The van der Waals surface area contributed by atoms with Crippen molar-refractivity contribution in [2.24, 2.45) is 5.11 Å². The maximum Gasteiger partial charge on any atom is 0.333 e. The third kappa shape index (κ3) is 23.4. The second kappa shape index (κ2) is 25.8. The van der Waals surface area contributed by atoms with Gasteiger partial charge in [0, 0.05) is 17.6 Å². The predicted molar refractivity (Wildman–Crippen MR) is 121 cm³/mol. The van der Waals surface area contributed by atoms with Crippen molar-refractivity contribution in [3.05, 3.63) is 22.6 Å². The zero-order chi connectivity index (χ0) is 25.1. The van der Waals surface area contributed by atoms with E-state index < -0.39 is 12.2 Å². The Morgan fingerprint density at radius 1 is 0.765 bits per heavy atom. The molecule has 0 aromatic rings. The van der Waals surface area contributed by atoms with Crippen molar-refractivity contribution in [2.75, 3.05) is 106 Å². The van der Waals surface area contributed by atoms with Gasteiger partial charge in [-0.05, 0) is 12.5 Å². The number of carbonyl (C=O) groups is 1. The van der Waals surface area contributed by atoms with E-state index >= 15 is 0 Å². The van der Waals surface area contributed by atoms with E-state index in [4.69, 9.17) is 48.2 Å². The van der Waals surface area contributed by atoms with E-state index in [1.807, 2.05) is 0 Å². The summed E-state index contributed by atoms with van der Waals surface area (Å²) >= 11 is 0. The van der Waals surface area contributed by atoms with Crippen LogP contribution in [0.15, 0.2) is 17.3 Å². The Bertz CT molecular complexity index is 547. The largest absolute Gasteiger partial charge is 0.460 e. The van der Waals surface area contributed by atoms with Crippen LogP contribution in [0.5, 0.6) is 0 Å². The van der Waals surface area contributed by atoms with Gasteiger partial charge in [0.2, 0.25) is 0 Å². The van der Waals surface area contributed by atoms with Crippen LogP contribution in [0.25, 0.3) is 10.4 Å². The minimum Gasteiger partial charge on any atom is -0.460 e. The van der Waals surface area contributed by atoms with Gasteiger partial charge < -0.3 is 42.6 Å². The average molecular weight is 494 g/mol. The van der Waals surface area contributed by atoms with Gasteiger partial charge >= 0.3 is 5.97 Å². The molecule has 0 aromatic carbocycles. The van der Waals surface area contributed by atoms with E-state index in [9.17, 15) is 4.79 Å². The summed E-state index contributed by atoms with van der Waals surface area (Å²) in [4.78, 5) is 13.8. The molecule has 1 unspecified atom stereocenters. The highest BCUT2D eigenvalue weighted by atomic mass is 16.6. The molecule has 0 aliphatic carbocycles. The van der Waals surface area contributed by atoms with Crippen molar-refractivity contribution in [1.29, 1.82) is 0 Å². The molecule has 0 aliphatic heterocycles. The first-order valence-electron chi connectivity index (χ1n) is 11.1. The van der Waals surface area contributed by atoms with Crippen LogP contribution in [0.3, 0.4) is 0 Å². The lowest BCUT2D eigenvalue weighted by molar-refractivity contribution is -0.140. The van der Waals surface area contributed by atoms with E-state index in [1.54, 1.807) is 6.92 Å². The summed E-state index contributed by atoms with van der Waals surface area (Å²) in [5.41, 5.74) is 8.76. The van der Waals surface area contributed by atoms with Gasteiger partial charge in [-0.2, -0.15) is 0 Å². The molecule has 13 nitrogen and oxygen atoms in total. The molecule has 0 saturated carbocycles. The monoisotopic (exact) mass is 493 g/mol. The molecular formula is C21H39N3O10. The molecule has 198 valence electrons. The summed E-state index contributed by atoms with van der Waals surface area (Å²) < 4.78 is 47.2. The third-order valence-corrected chi connectivity index (χ3v) is 3.70. The van der Waals surface area contributed by atoms with Gasteiger partial charge in [0.15, 0.2) is 6.23 Å². The smallest absolute Gasteiger partial charge is 0.333 e. The van der Waals surface area contributed by atoms with Crippen LogP contribution >= 0.6 is 0 Å². The third-order valence-electron chi connectivity index (χ3n) is 3.70. The molecule has 0 heterocycles. The summed E-state index contributed by atoms with van der Waals surface area (Å²) in [6.45, 7) is 11.0. The number of methoxy groups -OCH3 is 1. The Labute approximate surface area is 201 Å². The normalized spacial score (nSPS) is 11.7. The summed E-state index contributed by atoms with van der Waals surface area (Å²) in [7, 11) is 1.50.